The first-order valence-corrected chi connectivity index (χ1v) is 7.26. The van der Waals surface area contributed by atoms with Crippen LogP contribution in [0.5, 0.6) is 0 Å². The van der Waals surface area contributed by atoms with Crippen molar-refractivity contribution in [3.63, 3.8) is 0 Å². The van der Waals surface area contributed by atoms with Crippen molar-refractivity contribution in [1.29, 1.82) is 0 Å². The molecule has 0 saturated carbocycles. The standard InChI is InChI=1S/C13H21ClN4O2/c1-9(2)11(18-3-5-20-6-4-18)8-15-10-7-16-17-13(19)12(10)14/h7,9,11H,3-6,8H2,1-2H3,(H2,15,17,19). The van der Waals surface area contributed by atoms with Crippen molar-refractivity contribution >= 4 is 17.3 Å². The summed E-state index contributed by atoms with van der Waals surface area (Å²) in [6.07, 6.45) is 1.54. The Balaban J connectivity index is 2.01. The zero-order valence-electron chi connectivity index (χ0n) is 11.9. The van der Waals surface area contributed by atoms with Crippen molar-refractivity contribution < 1.29 is 4.74 Å². The first kappa shape index (κ1) is 15.3. The molecule has 0 spiro atoms. The zero-order valence-corrected chi connectivity index (χ0v) is 12.6. The predicted molar refractivity (Wildman–Crippen MR) is 79.4 cm³/mol. The van der Waals surface area contributed by atoms with Crippen LogP contribution >= 0.6 is 11.6 Å². The quantitative estimate of drug-likeness (QED) is 0.855. The van der Waals surface area contributed by atoms with Crippen LogP contribution in [0.15, 0.2) is 11.0 Å². The lowest BCUT2D eigenvalue weighted by atomic mass is 10.0. The van der Waals surface area contributed by atoms with Gasteiger partial charge in [0.1, 0.15) is 5.02 Å². The summed E-state index contributed by atoms with van der Waals surface area (Å²) in [5.41, 5.74) is 0.207. The number of hydrogen-bond donors (Lipinski definition) is 2. The molecule has 1 aliphatic rings. The van der Waals surface area contributed by atoms with Crippen LogP contribution in [0.3, 0.4) is 0 Å². The van der Waals surface area contributed by atoms with Gasteiger partial charge < -0.3 is 10.1 Å². The molecule has 1 aliphatic heterocycles. The molecule has 1 saturated heterocycles. The summed E-state index contributed by atoms with van der Waals surface area (Å²) in [5.74, 6) is 0.495. The number of aromatic amines is 1. The van der Waals surface area contributed by atoms with Gasteiger partial charge in [-0.25, -0.2) is 5.10 Å². The van der Waals surface area contributed by atoms with Gasteiger partial charge in [-0.05, 0) is 5.92 Å². The molecule has 1 aromatic rings. The lowest BCUT2D eigenvalue weighted by Crippen LogP contribution is -2.49. The molecule has 1 aromatic heterocycles. The lowest BCUT2D eigenvalue weighted by Gasteiger charge is -2.37. The van der Waals surface area contributed by atoms with E-state index in [1.165, 1.54) is 0 Å². The largest absolute Gasteiger partial charge is 0.381 e. The molecule has 6 nitrogen and oxygen atoms in total. The number of halogens is 1. The van der Waals surface area contributed by atoms with Gasteiger partial charge in [-0.3, -0.25) is 9.69 Å². The van der Waals surface area contributed by atoms with Crippen LogP contribution in [0.2, 0.25) is 5.02 Å². The third-order valence-electron chi connectivity index (χ3n) is 3.58. The molecule has 2 rings (SSSR count). The van der Waals surface area contributed by atoms with Crippen LogP contribution in [0.4, 0.5) is 5.69 Å². The summed E-state index contributed by atoms with van der Waals surface area (Å²) < 4.78 is 5.39. The number of morpholine rings is 1. The van der Waals surface area contributed by atoms with Crippen molar-refractivity contribution in [2.24, 2.45) is 5.92 Å². The Morgan fingerprint density at radius 1 is 1.50 bits per heavy atom. The van der Waals surface area contributed by atoms with Gasteiger partial charge in [-0.2, -0.15) is 5.10 Å². The fourth-order valence-corrected chi connectivity index (χ4v) is 2.57. The molecular formula is C13H21ClN4O2. The average molecular weight is 301 g/mol. The number of hydrogen-bond acceptors (Lipinski definition) is 5. The van der Waals surface area contributed by atoms with E-state index in [1.54, 1.807) is 6.20 Å². The molecule has 0 aromatic carbocycles. The Morgan fingerprint density at radius 3 is 2.85 bits per heavy atom. The van der Waals surface area contributed by atoms with Gasteiger partial charge in [0, 0.05) is 25.7 Å². The van der Waals surface area contributed by atoms with Crippen molar-refractivity contribution in [3.05, 3.63) is 21.6 Å². The first-order chi connectivity index (χ1) is 9.59. The summed E-state index contributed by atoms with van der Waals surface area (Å²) in [7, 11) is 0. The average Bonchev–Trinajstić information content (AvgIpc) is 2.44. The molecule has 0 radical (unpaired) electrons. The van der Waals surface area contributed by atoms with Gasteiger partial charge in [-0.15, -0.1) is 0 Å². The van der Waals surface area contributed by atoms with Crippen molar-refractivity contribution in [2.45, 2.75) is 19.9 Å². The van der Waals surface area contributed by atoms with Crippen molar-refractivity contribution in [1.82, 2.24) is 15.1 Å². The first-order valence-electron chi connectivity index (χ1n) is 6.88. The zero-order chi connectivity index (χ0) is 14.5. The molecule has 2 N–H and O–H groups in total. The molecule has 2 heterocycles. The summed E-state index contributed by atoms with van der Waals surface area (Å²) in [6.45, 7) is 8.53. The maximum Gasteiger partial charge on any atom is 0.285 e. The molecule has 1 atom stereocenters. The van der Waals surface area contributed by atoms with Crippen molar-refractivity contribution in [3.8, 4) is 0 Å². The predicted octanol–water partition coefficient (Wildman–Crippen LogP) is 1.19. The number of nitrogens with one attached hydrogen (secondary N) is 2. The summed E-state index contributed by atoms with van der Waals surface area (Å²) in [5, 5.41) is 9.46. The second kappa shape index (κ2) is 7.06. The highest BCUT2D eigenvalue weighted by Crippen LogP contribution is 2.17. The maximum atomic E-state index is 11.4. The molecule has 0 aliphatic carbocycles. The summed E-state index contributed by atoms with van der Waals surface area (Å²) >= 11 is 5.96. The highest BCUT2D eigenvalue weighted by molar-refractivity contribution is 6.32. The fourth-order valence-electron chi connectivity index (χ4n) is 2.42. The molecular weight excluding hydrogens is 280 g/mol. The second-order valence-corrected chi connectivity index (χ2v) is 5.65. The van der Waals surface area contributed by atoms with Crippen LogP contribution in [0.1, 0.15) is 13.8 Å². The number of anilines is 1. The van der Waals surface area contributed by atoms with Crippen molar-refractivity contribution in [2.75, 3.05) is 38.2 Å². The normalized spacial score (nSPS) is 18.2. The molecule has 1 unspecified atom stereocenters. The van der Waals surface area contributed by atoms with E-state index >= 15 is 0 Å². The molecule has 1 fully saturated rings. The third-order valence-corrected chi connectivity index (χ3v) is 3.96. The van der Waals surface area contributed by atoms with E-state index in [2.05, 4.69) is 34.3 Å². The van der Waals surface area contributed by atoms with Gasteiger partial charge in [0.25, 0.3) is 5.56 Å². The number of aromatic nitrogens is 2. The van der Waals surface area contributed by atoms with E-state index in [9.17, 15) is 4.79 Å². The van der Waals surface area contributed by atoms with Gasteiger partial charge in [0.15, 0.2) is 0 Å². The number of ether oxygens (including phenoxy) is 1. The van der Waals surface area contributed by atoms with E-state index in [0.29, 0.717) is 17.6 Å². The Hall–Kier alpha value is -1.11. The molecule has 112 valence electrons. The van der Waals surface area contributed by atoms with Crippen LogP contribution in [-0.4, -0.2) is 54.0 Å². The van der Waals surface area contributed by atoms with Crippen LogP contribution in [0.25, 0.3) is 0 Å². The highest BCUT2D eigenvalue weighted by atomic mass is 35.5. The minimum atomic E-state index is -0.371. The smallest absolute Gasteiger partial charge is 0.285 e. The maximum absolute atomic E-state index is 11.4. The van der Waals surface area contributed by atoms with Gasteiger partial charge in [-0.1, -0.05) is 25.4 Å². The van der Waals surface area contributed by atoms with Crippen LogP contribution in [-0.2, 0) is 4.74 Å². The monoisotopic (exact) mass is 300 g/mol. The minimum absolute atomic E-state index is 0.157. The third kappa shape index (κ3) is 3.71. The second-order valence-electron chi connectivity index (χ2n) is 5.27. The summed E-state index contributed by atoms with van der Waals surface area (Å²) in [6, 6.07) is 0.370. The Morgan fingerprint density at radius 2 is 2.20 bits per heavy atom. The van der Waals surface area contributed by atoms with Crippen LogP contribution < -0.4 is 10.9 Å². The minimum Gasteiger partial charge on any atom is -0.381 e. The number of rotatable bonds is 5. The molecule has 0 bridgehead atoms. The van der Waals surface area contributed by atoms with E-state index in [4.69, 9.17) is 16.3 Å². The van der Waals surface area contributed by atoms with Gasteiger partial charge in [0.2, 0.25) is 0 Å². The van der Waals surface area contributed by atoms with E-state index < -0.39 is 0 Å². The summed E-state index contributed by atoms with van der Waals surface area (Å²) in [4.78, 5) is 13.8. The lowest BCUT2D eigenvalue weighted by molar-refractivity contribution is 0.00955. The van der Waals surface area contributed by atoms with E-state index in [-0.39, 0.29) is 10.6 Å². The van der Waals surface area contributed by atoms with Crippen LogP contribution in [0, 0.1) is 5.92 Å². The topological polar surface area (TPSA) is 70.2 Å². The molecule has 7 heteroatoms. The van der Waals surface area contributed by atoms with E-state index in [1.807, 2.05) is 0 Å². The Bertz CT molecular complexity index is 486. The molecule has 20 heavy (non-hydrogen) atoms. The fraction of sp³-hybridized carbons (Fsp3) is 0.692. The Labute approximate surface area is 123 Å². The highest BCUT2D eigenvalue weighted by Gasteiger charge is 2.23. The van der Waals surface area contributed by atoms with E-state index in [0.717, 1.165) is 32.8 Å². The number of nitrogens with zero attached hydrogens (tertiary/aromatic N) is 2. The van der Waals surface area contributed by atoms with Gasteiger partial charge >= 0.3 is 0 Å². The Kier molecular flexibility index (Phi) is 5.39. The van der Waals surface area contributed by atoms with Gasteiger partial charge in [0.05, 0.1) is 25.1 Å². The molecule has 0 amide bonds. The SMILES string of the molecule is CC(C)C(CNc1cn[nH]c(=O)c1Cl)N1CCOCC1. The number of H-pyrrole nitrogens is 1.